The Morgan fingerprint density at radius 2 is 1.85 bits per heavy atom. The first-order valence-electron chi connectivity index (χ1n) is 13.5. The summed E-state index contributed by atoms with van der Waals surface area (Å²) in [4.78, 5) is 34.3. The topological polar surface area (TPSA) is 49.9 Å². The van der Waals surface area contributed by atoms with Crippen LogP contribution < -0.4 is 10.5 Å². The van der Waals surface area contributed by atoms with Gasteiger partial charge >= 0.3 is 0 Å². The standard InChI is InChI=1S/C33H30Cl2N4O2/c1-6-30(40)37-14-15-38(21(4)19-37)32-26-17-27(35)25(22-10-9-11-23(34)16-22)18-29(26)39(33(41)31(32)36-5)28-13-8-7-12-24(28)20(2)3/h6-13,16-18,20-21H,1,14-15,19H2,2-4H3/t21-/m0/s1. The van der Waals surface area contributed by atoms with Gasteiger partial charge in [-0.05, 0) is 60.4 Å². The van der Waals surface area contributed by atoms with Crippen LogP contribution >= 0.6 is 23.2 Å². The van der Waals surface area contributed by atoms with Gasteiger partial charge in [-0.25, -0.2) is 4.85 Å². The van der Waals surface area contributed by atoms with E-state index in [9.17, 15) is 9.59 Å². The SMILES string of the molecule is [C-]#[N+]c1c(N2CCN(C(=O)C=C)C[C@@H]2C)c2cc(Cl)c(-c3cccc(Cl)c3)cc2n(-c2ccccc2C(C)C)c1=O. The van der Waals surface area contributed by atoms with E-state index in [-0.39, 0.29) is 23.6 Å². The third-order valence-electron chi connectivity index (χ3n) is 7.66. The number of nitrogens with zero attached hydrogens (tertiary/aromatic N) is 4. The molecule has 1 aliphatic rings. The van der Waals surface area contributed by atoms with Crippen molar-refractivity contribution in [3.05, 3.63) is 111 Å². The van der Waals surface area contributed by atoms with E-state index in [0.717, 1.165) is 22.4 Å². The van der Waals surface area contributed by atoms with Crippen LogP contribution in [0.3, 0.4) is 0 Å². The molecule has 41 heavy (non-hydrogen) atoms. The number of hydrogen-bond acceptors (Lipinski definition) is 3. The van der Waals surface area contributed by atoms with Crippen molar-refractivity contribution in [2.45, 2.75) is 32.7 Å². The van der Waals surface area contributed by atoms with Crippen LogP contribution in [0.1, 0.15) is 32.3 Å². The van der Waals surface area contributed by atoms with Gasteiger partial charge in [0.15, 0.2) is 0 Å². The monoisotopic (exact) mass is 584 g/mol. The summed E-state index contributed by atoms with van der Waals surface area (Å²) in [6.07, 6.45) is 1.31. The van der Waals surface area contributed by atoms with Crippen molar-refractivity contribution in [1.82, 2.24) is 9.47 Å². The predicted octanol–water partition coefficient (Wildman–Crippen LogP) is 7.86. The summed E-state index contributed by atoms with van der Waals surface area (Å²) in [5.41, 5.74) is 4.07. The first kappa shape index (κ1) is 28.5. The molecule has 4 aromatic rings. The molecule has 1 saturated heterocycles. The number of anilines is 1. The second-order valence-electron chi connectivity index (χ2n) is 10.6. The van der Waals surface area contributed by atoms with E-state index < -0.39 is 5.56 Å². The molecule has 0 N–H and O–H groups in total. The van der Waals surface area contributed by atoms with E-state index in [1.807, 2.05) is 61.5 Å². The maximum Gasteiger partial charge on any atom is 0.274 e. The molecule has 2 heterocycles. The molecule has 1 aromatic heterocycles. The number of benzene rings is 3. The third-order valence-corrected chi connectivity index (χ3v) is 8.21. The highest BCUT2D eigenvalue weighted by Crippen LogP contribution is 2.42. The van der Waals surface area contributed by atoms with Crippen molar-refractivity contribution >= 4 is 51.4 Å². The molecule has 0 aliphatic carbocycles. The fraction of sp³-hybridized carbons (Fsp3) is 0.242. The van der Waals surface area contributed by atoms with E-state index in [1.165, 1.54) is 6.08 Å². The van der Waals surface area contributed by atoms with Gasteiger partial charge in [0.1, 0.15) is 0 Å². The number of pyridine rings is 1. The van der Waals surface area contributed by atoms with Crippen molar-refractivity contribution in [3.8, 4) is 16.8 Å². The Kier molecular flexibility index (Phi) is 7.95. The molecular weight excluding hydrogens is 555 g/mol. The molecule has 1 atom stereocenters. The van der Waals surface area contributed by atoms with E-state index in [1.54, 1.807) is 15.5 Å². The van der Waals surface area contributed by atoms with Crippen LogP contribution in [0.25, 0.3) is 32.6 Å². The van der Waals surface area contributed by atoms with Crippen LogP contribution in [0.15, 0.2) is 78.1 Å². The van der Waals surface area contributed by atoms with Crippen molar-refractivity contribution in [3.63, 3.8) is 0 Å². The highest BCUT2D eigenvalue weighted by atomic mass is 35.5. The molecule has 8 heteroatoms. The minimum absolute atomic E-state index is 0.0259. The van der Waals surface area contributed by atoms with Crippen molar-refractivity contribution < 1.29 is 4.79 Å². The van der Waals surface area contributed by atoms with Gasteiger partial charge in [-0.15, -0.1) is 0 Å². The second kappa shape index (κ2) is 11.4. The molecule has 5 rings (SSSR count). The predicted molar refractivity (Wildman–Crippen MR) is 169 cm³/mol. The number of carbonyl (C=O) groups excluding carboxylic acids is 1. The molecule has 0 radical (unpaired) electrons. The number of piperazine rings is 1. The zero-order chi connectivity index (χ0) is 29.4. The minimum atomic E-state index is -0.397. The van der Waals surface area contributed by atoms with Crippen LogP contribution in [-0.4, -0.2) is 41.1 Å². The Bertz CT molecular complexity index is 1790. The molecular formula is C33H30Cl2N4O2. The Balaban J connectivity index is 1.86. The Morgan fingerprint density at radius 1 is 1.10 bits per heavy atom. The first-order valence-corrected chi connectivity index (χ1v) is 14.2. The number of amides is 1. The minimum Gasteiger partial charge on any atom is -0.373 e. The van der Waals surface area contributed by atoms with Gasteiger partial charge in [0, 0.05) is 46.7 Å². The summed E-state index contributed by atoms with van der Waals surface area (Å²) in [5, 5.41) is 1.75. The molecule has 1 fully saturated rings. The maximum atomic E-state index is 14.4. The third kappa shape index (κ3) is 5.12. The number of aromatic nitrogens is 1. The number of rotatable bonds is 5. The second-order valence-corrected chi connectivity index (χ2v) is 11.4. The average molecular weight is 586 g/mol. The summed E-state index contributed by atoms with van der Waals surface area (Å²) in [6, 6.07) is 18.8. The molecule has 0 spiro atoms. The zero-order valence-electron chi connectivity index (χ0n) is 23.2. The van der Waals surface area contributed by atoms with Crippen LogP contribution in [0.4, 0.5) is 11.4 Å². The van der Waals surface area contributed by atoms with Gasteiger partial charge in [0.05, 0.1) is 23.5 Å². The van der Waals surface area contributed by atoms with Gasteiger partial charge in [-0.3, -0.25) is 14.2 Å². The molecule has 3 aromatic carbocycles. The number of hydrogen-bond donors (Lipinski definition) is 0. The summed E-state index contributed by atoms with van der Waals surface area (Å²) in [6.45, 7) is 19.2. The van der Waals surface area contributed by atoms with E-state index in [4.69, 9.17) is 29.8 Å². The summed E-state index contributed by atoms with van der Waals surface area (Å²) in [5.74, 6) is 0.00101. The molecule has 208 valence electrons. The van der Waals surface area contributed by atoms with Crippen LogP contribution in [0, 0.1) is 6.57 Å². The van der Waals surface area contributed by atoms with Gasteiger partial charge in [-0.2, -0.15) is 0 Å². The largest absolute Gasteiger partial charge is 0.373 e. The van der Waals surface area contributed by atoms with Crippen LogP contribution in [-0.2, 0) is 4.79 Å². The highest BCUT2D eigenvalue weighted by molar-refractivity contribution is 6.35. The normalized spacial score (nSPS) is 15.3. The molecule has 1 amide bonds. The summed E-state index contributed by atoms with van der Waals surface area (Å²) in [7, 11) is 0. The lowest BCUT2D eigenvalue weighted by atomic mass is 9.98. The lowest BCUT2D eigenvalue weighted by Crippen LogP contribution is -2.53. The average Bonchev–Trinajstić information content (AvgIpc) is 2.96. The molecule has 0 unspecified atom stereocenters. The Labute approximate surface area is 249 Å². The lowest BCUT2D eigenvalue weighted by Gasteiger charge is -2.42. The number of halogens is 2. The van der Waals surface area contributed by atoms with Crippen molar-refractivity contribution in [2.75, 3.05) is 24.5 Å². The zero-order valence-corrected chi connectivity index (χ0v) is 24.7. The fourth-order valence-corrected chi connectivity index (χ4v) is 6.15. The highest BCUT2D eigenvalue weighted by Gasteiger charge is 2.31. The van der Waals surface area contributed by atoms with Gasteiger partial charge in [0.25, 0.3) is 11.2 Å². The summed E-state index contributed by atoms with van der Waals surface area (Å²) < 4.78 is 1.65. The summed E-state index contributed by atoms with van der Waals surface area (Å²) >= 11 is 13.3. The van der Waals surface area contributed by atoms with E-state index in [0.29, 0.717) is 46.3 Å². The molecule has 6 nitrogen and oxygen atoms in total. The Hall–Kier alpha value is -4.05. The van der Waals surface area contributed by atoms with E-state index >= 15 is 0 Å². The quantitative estimate of drug-likeness (QED) is 0.177. The first-order chi connectivity index (χ1) is 19.7. The number of para-hydroxylation sites is 1. The van der Waals surface area contributed by atoms with Crippen molar-refractivity contribution in [2.24, 2.45) is 0 Å². The maximum absolute atomic E-state index is 14.4. The van der Waals surface area contributed by atoms with Crippen molar-refractivity contribution in [1.29, 1.82) is 0 Å². The molecule has 0 saturated carbocycles. The van der Waals surface area contributed by atoms with E-state index in [2.05, 4.69) is 30.2 Å². The Morgan fingerprint density at radius 3 is 2.51 bits per heavy atom. The number of fused-ring (bicyclic) bond motifs is 1. The molecule has 0 bridgehead atoms. The molecule has 1 aliphatic heterocycles. The van der Waals surface area contributed by atoms with Gasteiger partial charge in [-0.1, -0.05) is 74.0 Å². The van der Waals surface area contributed by atoms with Crippen LogP contribution in [0.2, 0.25) is 10.0 Å². The fourth-order valence-electron chi connectivity index (χ4n) is 5.69. The van der Waals surface area contributed by atoms with Crippen LogP contribution in [0.5, 0.6) is 0 Å². The lowest BCUT2D eigenvalue weighted by molar-refractivity contribution is -0.126. The van der Waals surface area contributed by atoms with Gasteiger partial charge < -0.3 is 9.80 Å². The van der Waals surface area contributed by atoms with Gasteiger partial charge in [0.2, 0.25) is 5.91 Å². The smallest absolute Gasteiger partial charge is 0.274 e. The number of carbonyl (C=O) groups is 1.